The summed E-state index contributed by atoms with van der Waals surface area (Å²) in [5.41, 5.74) is 0. The Bertz CT molecular complexity index is 467. The van der Waals surface area contributed by atoms with Crippen LogP contribution in [0.2, 0.25) is 0 Å². The summed E-state index contributed by atoms with van der Waals surface area (Å²) in [6.45, 7) is 6.60. The number of hydrogen-bond acceptors (Lipinski definition) is 7. The smallest absolute Gasteiger partial charge is 0.227 e. The quantitative estimate of drug-likeness (QED) is 0.777. The average Bonchev–Trinajstić information content (AvgIpc) is 3.05. The van der Waals surface area contributed by atoms with Gasteiger partial charge < -0.3 is 20.1 Å². The van der Waals surface area contributed by atoms with Gasteiger partial charge in [-0.1, -0.05) is 0 Å². The van der Waals surface area contributed by atoms with Crippen molar-refractivity contribution in [2.24, 2.45) is 0 Å². The van der Waals surface area contributed by atoms with Gasteiger partial charge in [0, 0.05) is 38.9 Å². The molecule has 122 valence electrons. The van der Waals surface area contributed by atoms with Crippen molar-refractivity contribution in [3.05, 3.63) is 12.3 Å². The van der Waals surface area contributed by atoms with Crippen LogP contribution < -0.4 is 10.2 Å². The van der Waals surface area contributed by atoms with E-state index in [1.54, 1.807) is 6.20 Å². The number of ether oxygens (including phenoxy) is 1. The predicted octanol–water partition coefficient (Wildman–Crippen LogP) is 0.182. The maximum absolute atomic E-state index is 9.42. The molecule has 1 aromatic rings. The number of morpholine rings is 1. The largest absolute Gasteiger partial charge is 0.394 e. The van der Waals surface area contributed by atoms with Crippen LogP contribution in [0.15, 0.2) is 12.3 Å². The normalized spacial score (nSPS) is 23.0. The Hall–Kier alpha value is -1.44. The molecular weight excluding hydrogens is 282 g/mol. The number of hydrogen-bond donors (Lipinski definition) is 2. The Morgan fingerprint density at radius 1 is 1.32 bits per heavy atom. The topological polar surface area (TPSA) is 73.8 Å². The van der Waals surface area contributed by atoms with E-state index in [9.17, 15) is 5.11 Å². The molecular formula is C15H25N5O2. The minimum absolute atomic E-state index is 0.156. The number of nitrogens with zero attached hydrogens (tertiary/aromatic N) is 4. The number of aliphatic hydroxyl groups excluding tert-OH is 1. The maximum Gasteiger partial charge on any atom is 0.227 e. The second-order valence-corrected chi connectivity index (χ2v) is 5.79. The van der Waals surface area contributed by atoms with Gasteiger partial charge in [0.2, 0.25) is 5.95 Å². The molecule has 7 nitrogen and oxygen atoms in total. The second kappa shape index (κ2) is 7.71. The van der Waals surface area contributed by atoms with E-state index >= 15 is 0 Å². The Labute approximate surface area is 131 Å². The monoisotopic (exact) mass is 307 g/mol. The summed E-state index contributed by atoms with van der Waals surface area (Å²) >= 11 is 0. The third-order valence-corrected chi connectivity index (χ3v) is 4.33. The van der Waals surface area contributed by atoms with E-state index in [1.165, 1.54) is 0 Å². The van der Waals surface area contributed by atoms with Crippen LogP contribution in [-0.2, 0) is 4.74 Å². The summed E-state index contributed by atoms with van der Waals surface area (Å²) < 4.78 is 5.35. The van der Waals surface area contributed by atoms with Crippen molar-refractivity contribution in [1.29, 1.82) is 0 Å². The van der Waals surface area contributed by atoms with E-state index in [0.29, 0.717) is 5.95 Å². The van der Waals surface area contributed by atoms with Gasteiger partial charge in [-0.25, -0.2) is 4.98 Å². The SMILES string of the molecule is OCC1CCCN1c1nccc(NCCN2CCOCC2)n1. The zero-order valence-corrected chi connectivity index (χ0v) is 12.9. The molecule has 2 aliphatic rings. The predicted molar refractivity (Wildman–Crippen MR) is 85.2 cm³/mol. The highest BCUT2D eigenvalue weighted by molar-refractivity contribution is 5.42. The number of anilines is 2. The molecule has 2 N–H and O–H groups in total. The molecule has 2 saturated heterocycles. The van der Waals surface area contributed by atoms with Gasteiger partial charge in [-0.2, -0.15) is 4.98 Å². The standard InChI is InChI=1S/C15H25N5O2/c21-12-13-2-1-6-20(13)15-17-4-3-14(18-15)16-5-7-19-8-10-22-11-9-19/h3-4,13,21H,1-2,5-12H2,(H,16,17,18). The Balaban J connectivity index is 1.52. The first kappa shape index (κ1) is 15.5. The van der Waals surface area contributed by atoms with E-state index in [0.717, 1.165) is 64.6 Å². The van der Waals surface area contributed by atoms with Gasteiger partial charge in [-0.3, -0.25) is 4.90 Å². The van der Waals surface area contributed by atoms with E-state index in [1.807, 2.05) is 6.07 Å². The fourth-order valence-corrected chi connectivity index (χ4v) is 3.04. The van der Waals surface area contributed by atoms with Crippen LogP contribution in [0.5, 0.6) is 0 Å². The van der Waals surface area contributed by atoms with Crippen molar-refractivity contribution in [2.45, 2.75) is 18.9 Å². The molecule has 0 amide bonds. The average molecular weight is 307 g/mol. The molecule has 7 heteroatoms. The molecule has 1 atom stereocenters. The third-order valence-electron chi connectivity index (χ3n) is 4.33. The van der Waals surface area contributed by atoms with Crippen molar-refractivity contribution in [2.75, 3.05) is 62.8 Å². The van der Waals surface area contributed by atoms with Crippen LogP contribution >= 0.6 is 0 Å². The molecule has 22 heavy (non-hydrogen) atoms. The van der Waals surface area contributed by atoms with Gasteiger partial charge in [0.15, 0.2) is 0 Å². The fourth-order valence-electron chi connectivity index (χ4n) is 3.04. The Morgan fingerprint density at radius 3 is 3.00 bits per heavy atom. The lowest BCUT2D eigenvalue weighted by molar-refractivity contribution is 0.0398. The molecule has 3 heterocycles. The van der Waals surface area contributed by atoms with Crippen LogP contribution in [0.25, 0.3) is 0 Å². The lowest BCUT2D eigenvalue weighted by Gasteiger charge is -2.26. The zero-order chi connectivity index (χ0) is 15.2. The summed E-state index contributed by atoms with van der Waals surface area (Å²) in [7, 11) is 0. The second-order valence-electron chi connectivity index (χ2n) is 5.79. The molecule has 2 aliphatic heterocycles. The molecule has 0 aliphatic carbocycles. The molecule has 0 saturated carbocycles. The summed E-state index contributed by atoms with van der Waals surface area (Å²) in [6.07, 6.45) is 3.88. The lowest BCUT2D eigenvalue weighted by Crippen LogP contribution is -2.39. The summed E-state index contributed by atoms with van der Waals surface area (Å²) in [5.74, 6) is 1.56. The van der Waals surface area contributed by atoms with Crippen LogP contribution in [-0.4, -0.2) is 78.6 Å². The van der Waals surface area contributed by atoms with Gasteiger partial charge in [0.1, 0.15) is 5.82 Å². The third kappa shape index (κ3) is 3.85. The van der Waals surface area contributed by atoms with Crippen molar-refractivity contribution in [3.8, 4) is 0 Å². The maximum atomic E-state index is 9.42. The molecule has 0 bridgehead atoms. The van der Waals surface area contributed by atoms with E-state index in [4.69, 9.17) is 4.74 Å². The minimum Gasteiger partial charge on any atom is -0.394 e. The number of aromatic nitrogens is 2. The van der Waals surface area contributed by atoms with Crippen LogP contribution in [0.3, 0.4) is 0 Å². The van der Waals surface area contributed by atoms with Crippen LogP contribution in [0, 0.1) is 0 Å². The van der Waals surface area contributed by atoms with E-state index < -0.39 is 0 Å². The van der Waals surface area contributed by atoms with Crippen molar-refractivity contribution in [3.63, 3.8) is 0 Å². The number of rotatable bonds is 6. The molecule has 0 radical (unpaired) electrons. The van der Waals surface area contributed by atoms with Crippen LogP contribution in [0.4, 0.5) is 11.8 Å². The Morgan fingerprint density at radius 2 is 2.18 bits per heavy atom. The van der Waals surface area contributed by atoms with Crippen molar-refractivity contribution < 1.29 is 9.84 Å². The minimum atomic E-state index is 0.156. The van der Waals surface area contributed by atoms with Crippen LogP contribution in [0.1, 0.15) is 12.8 Å². The van der Waals surface area contributed by atoms with Crippen molar-refractivity contribution >= 4 is 11.8 Å². The van der Waals surface area contributed by atoms with Gasteiger partial charge in [0.05, 0.1) is 25.9 Å². The molecule has 3 rings (SSSR count). The zero-order valence-electron chi connectivity index (χ0n) is 12.9. The fraction of sp³-hybridized carbons (Fsp3) is 0.733. The van der Waals surface area contributed by atoms with Gasteiger partial charge in [-0.05, 0) is 18.9 Å². The number of nitrogens with one attached hydrogen (secondary N) is 1. The molecule has 1 unspecified atom stereocenters. The first-order chi connectivity index (χ1) is 10.9. The lowest BCUT2D eigenvalue weighted by atomic mass is 10.2. The van der Waals surface area contributed by atoms with Gasteiger partial charge >= 0.3 is 0 Å². The Kier molecular flexibility index (Phi) is 5.42. The van der Waals surface area contributed by atoms with E-state index in [2.05, 4.69) is 25.1 Å². The summed E-state index contributed by atoms with van der Waals surface area (Å²) in [4.78, 5) is 13.4. The van der Waals surface area contributed by atoms with Gasteiger partial charge in [0.25, 0.3) is 0 Å². The van der Waals surface area contributed by atoms with Gasteiger partial charge in [-0.15, -0.1) is 0 Å². The molecule has 2 fully saturated rings. The van der Waals surface area contributed by atoms with E-state index in [-0.39, 0.29) is 12.6 Å². The van der Waals surface area contributed by atoms with Crippen molar-refractivity contribution in [1.82, 2.24) is 14.9 Å². The summed E-state index contributed by atoms with van der Waals surface area (Å²) in [5, 5.41) is 12.8. The summed E-state index contributed by atoms with van der Waals surface area (Å²) in [6, 6.07) is 2.05. The number of aliphatic hydroxyl groups is 1. The molecule has 1 aromatic heterocycles. The highest BCUT2D eigenvalue weighted by Crippen LogP contribution is 2.22. The molecule has 0 spiro atoms. The first-order valence-electron chi connectivity index (χ1n) is 8.11. The highest BCUT2D eigenvalue weighted by Gasteiger charge is 2.25. The first-order valence-corrected chi connectivity index (χ1v) is 8.11. The highest BCUT2D eigenvalue weighted by atomic mass is 16.5. The molecule has 0 aromatic carbocycles.